The predicted molar refractivity (Wildman–Crippen MR) is 160 cm³/mol. The van der Waals surface area contributed by atoms with Crippen LogP contribution in [0.2, 0.25) is 0 Å². The van der Waals surface area contributed by atoms with Gasteiger partial charge in [0.1, 0.15) is 31.4 Å². The highest BCUT2D eigenvalue weighted by Gasteiger charge is 2.53. The summed E-state index contributed by atoms with van der Waals surface area (Å²) in [4.78, 5) is 33.4. The van der Waals surface area contributed by atoms with Gasteiger partial charge in [0.25, 0.3) is 0 Å². The fourth-order valence-corrected chi connectivity index (χ4v) is 7.95. The SMILES string of the molecule is CN1CCN2c3cc(NC4NCC5C(=O)N6C/C=C\CCCN7C(=O)COC8CCC(NC87)N6C5N4)ccc3OC[C@@H]2C1. The van der Waals surface area contributed by atoms with E-state index in [1.165, 1.54) is 0 Å². The van der Waals surface area contributed by atoms with E-state index in [2.05, 4.69) is 73.5 Å². The second kappa shape index (κ2) is 11.2. The number of hydrazine groups is 1. The second-order valence-corrected chi connectivity index (χ2v) is 12.9. The molecule has 5 saturated heterocycles. The average Bonchev–Trinajstić information content (AvgIpc) is 3.28. The lowest BCUT2D eigenvalue weighted by Crippen LogP contribution is -2.72. The van der Waals surface area contributed by atoms with Crippen LogP contribution in [0, 0.1) is 5.92 Å². The molecule has 232 valence electrons. The monoisotopic (exact) mass is 593 g/mol. The maximum Gasteiger partial charge on any atom is 0.249 e. The van der Waals surface area contributed by atoms with E-state index < -0.39 is 0 Å². The van der Waals surface area contributed by atoms with Crippen LogP contribution in [0.25, 0.3) is 0 Å². The van der Waals surface area contributed by atoms with Crippen molar-refractivity contribution in [2.24, 2.45) is 5.92 Å². The molecule has 4 N–H and O–H groups in total. The zero-order chi connectivity index (χ0) is 29.1. The highest BCUT2D eigenvalue weighted by atomic mass is 16.5. The van der Waals surface area contributed by atoms with E-state index in [0.717, 1.165) is 62.4 Å². The van der Waals surface area contributed by atoms with Gasteiger partial charge in [-0.2, -0.15) is 5.01 Å². The van der Waals surface area contributed by atoms with Crippen molar-refractivity contribution in [1.29, 1.82) is 0 Å². The van der Waals surface area contributed by atoms with Crippen LogP contribution < -0.4 is 30.9 Å². The zero-order valence-electron chi connectivity index (χ0n) is 24.8. The number of fused-ring (bicyclic) bond motifs is 8. The number of allylic oxidation sites excluding steroid dienone is 1. The van der Waals surface area contributed by atoms with Gasteiger partial charge in [-0.15, -0.1) is 0 Å². The van der Waals surface area contributed by atoms with Crippen molar-refractivity contribution < 1.29 is 19.1 Å². The summed E-state index contributed by atoms with van der Waals surface area (Å²) < 4.78 is 12.1. The van der Waals surface area contributed by atoms with Gasteiger partial charge in [0.15, 0.2) is 0 Å². The number of anilines is 2. The summed E-state index contributed by atoms with van der Waals surface area (Å²) in [5, 5.41) is 18.7. The number of hydrogen-bond acceptors (Lipinski definition) is 11. The van der Waals surface area contributed by atoms with Crippen LogP contribution in [-0.2, 0) is 14.3 Å². The van der Waals surface area contributed by atoms with Gasteiger partial charge in [0.2, 0.25) is 11.8 Å². The Labute approximate surface area is 252 Å². The number of nitrogens with one attached hydrogen (secondary N) is 4. The molecule has 7 heterocycles. The van der Waals surface area contributed by atoms with E-state index >= 15 is 0 Å². The topological polar surface area (TPSA) is 117 Å². The van der Waals surface area contributed by atoms with Gasteiger partial charge in [0.05, 0.1) is 42.6 Å². The van der Waals surface area contributed by atoms with Crippen molar-refractivity contribution in [3.63, 3.8) is 0 Å². The molecule has 6 unspecified atom stereocenters. The molecule has 1 aromatic rings. The number of piperidine rings is 1. The molecule has 0 spiro atoms. The predicted octanol–water partition coefficient (Wildman–Crippen LogP) is -0.298. The lowest BCUT2D eigenvalue weighted by Gasteiger charge is -2.50. The number of amides is 2. The number of piperazine rings is 1. The summed E-state index contributed by atoms with van der Waals surface area (Å²) in [5.74, 6) is 0.861. The van der Waals surface area contributed by atoms with Crippen LogP contribution in [0.4, 0.5) is 11.4 Å². The molecule has 7 aliphatic heterocycles. The summed E-state index contributed by atoms with van der Waals surface area (Å²) >= 11 is 0. The van der Waals surface area contributed by atoms with Crippen molar-refractivity contribution in [2.75, 3.05) is 69.7 Å². The molecule has 2 bridgehead atoms. The Morgan fingerprint density at radius 1 is 1.02 bits per heavy atom. The average molecular weight is 594 g/mol. The van der Waals surface area contributed by atoms with Crippen molar-refractivity contribution in [2.45, 2.75) is 62.6 Å². The van der Waals surface area contributed by atoms with Gasteiger partial charge >= 0.3 is 0 Å². The van der Waals surface area contributed by atoms with Crippen LogP contribution in [0.3, 0.4) is 0 Å². The molecule has 8 rings (SSSR count). The van der Waals surface area contributed by atoms with Crippen LogP contribution in [-0.4, -0.2) is 128 Å². The highest BCUT2D eigenvalue weighted by molar-refractivity contribution is 5.82. The normalized spacial score (nSPS) is 37.2. The molecular weight excluding hydrogens is 550 g/mol. The van der Waals surface area contributed by atoms with E-state index in [0.29, 0.717) is 32.3 Å². The van der Waals surface area contributed by atoms with Crippen LogP contribution in [0.1, 0.15) is 25.7 Å². The number of ether oxygens (including phenoxy) is 2. The Bertz CT molecular complexity index is 1280. The van der Waals surface area contributed by atoms with E-state index in [4.69, 9.17) is 9.47 Å². The fraction of sp³-hybridized carbons (Fsp3) is 0.667. The minimum Gasteiger partial charge on any atom is -0.489 e. The molecule has 13 heteroatoms. The van der Waals surface area contributed by atoms with Crippen molar-refractivity contribution in [3.05, 3.63) is 30.4 Å². The van der Waals surface area contributed by atoms with E-state index in [1.54, 1.807) is 0 Å². The first kappa shape index (κ1) is 27.6. The molecule has 0 aliphatic carbocycles. The van der Waals surface area contributed by atoms with Crippen LogP contribution in [0.5, 0.6) is 5.75 Å². The summed E-state index contributed by atoms with van der Waals surface area (Å²) in [5.41, 5.74) is 2.13. The van der Waals surface area contributed by atoms with Gasteiger partial charge in [-0.3, -0.25) is 30.5 Å². The number of carbonyl (C=O) groups is 2. The first-order valence-electron chi connectivity index (χ1n) is 15.9. The molecule has 0 saturated carbocycles. The molecule has 43 heavy (non-hydrogen) atoms. The van der Waals surface area contributed by atoms with Crippen LogP contribution >= 0.6 is 0 Å². The van der Waals surface area contributed by atoms with Gasteiger partial charge < -0.3 is 29.5 Å². The molecule has 7 aliphatic rings. The van der Waals surface area contributed by atoms with Gasteiger partial charge in [-0.05, 0) is 50.9 Å². The Kier molecular flexibility index (Phi) is 7.19. The number of hydrogen-bond donors (Lipinski definition) is 4. The summed E-state index contributed by atoms with van der Waals surface area (Å²) in [7, 11) is 2.17. The summed E-state index contributed by atoms with van der Waals surface area (Å²) in [6, 6.07) is 6.67. The largest absolute Gasteiger partial charge is 0.489 e. The maximum atomic E-state index is 13.8. The number of morpholine rings is 1. The Balaban J connectivity index is 1.03. The van der Waals surface area contributed by atoms with Gasteiger partial charge in [0, 0.05) is 38.4 Å². The third-order valence-corrected chi connectivity index (χ3v) is 10.1. The third-order valence-electron chi connectivity index (χ3n) is 10.1. The molecule has 5 fully saturated rings. The maximum absolute atomic E-state index is 13.8. The number of benzene rings is 1. The summed E-state index contributed by atoms with van der Waals surface area (Å²) in [6.45, 7) is 5.67. The molecule has 0 radical (unpaired) electrons. The van der Waals surface area contributed by atoms with E-state index in [1.807, 2.05) is 9.91 Å². The molecule has 2 amide bonds. The number of carbonyl (C=O) groups excluding carboxylic acids is 2. The number of likely N-dealkylation sites (N-methyl/N-ethyl adjacent to an activating group) is 1. The van der Waals surface area contributed by atoms with E-state index in [-0.39, 0.29) is 55.2 Å². The third kappa shape index (κ3) is 4.95. The molecular formula is C30H43N9O4. The second-order valence-electron chi connectivity index (χ2n) is 12.9. The standard InChI is InChI=1S/C30H43N9O4/c1-35-12-13-36-20(16-35)17-42-23-7-6-19(14-22(23)36)32-30-31-15-21-27(34-30)39-25-9-8-24-28(33-25)37(26(40)18-43-24)10-4-2-3-5-11-38(39)29(21)41/h3,5-7,14,20-21,24-25,27-28,30-34H,2,4,8-13,15-18H2,1H3/b5-3-/t20-,21?,24?,25?,27?,28?,30?/m0/s1. The first-order valence-corrected chi connectivity index (χ1v) is 15.9. The molecule has 1 aromatic carbocycles. The molecule has 7 atom stereocenters. The number of rotatable bonds is 2. The van der Waals surface area contributed by atoms with Gasteiger partial charge in [-0.1, -0.05) is 12.2 Å². The van der Waals surface area contributed by atoms with Gasteiger partial charge in [-0.25, -0.2) is 0 Å². The lowest BCUT2D eigenvalue weighted by atomic mass is 9.99. The quantitative estimate of drug-likeness (QED) is 0.339. The van der Waals surface area contributed by atoms with Crippen LogP contribution in [0.15, 0.2) is 30.4 Å². The fourth-order valence-electron chi connectivity index (χ4n) is 7.95. The van der Waals surface area contributed by atoms with Crippen molar-refractivity contribution in [3.8, 4) is 5.75 Å². The number of nitrogens with zero attached hydrogens (tertiary/aromatic N) is 5. The highest BCUT2D eigenvalue weighted by Crippen LogP contribution is 2.38. The minimum atomic E-state index is -0.232. The first-order chi connectivity index (χ1) is 21.0. The summed E-state index contributed by atoms with van der Waals surface area (Å²) in [6.07, 6.45) is 6.90. The lowest BCUT2D eigenvalue weighted by molar-refractivity contribution is -0.176. The molecule has 13 nitrogen and oxygen atoms in total. The smallest absolute Gasteiger partial charge is 0.249 e. The minimum absolute atomic E-state index is 0.0294. The van der Waals surface area contributed by atoms with Crippen molar-refractivity contribution >= 4 is 23.2 Å². The zero-order valence-corrected chi connectivity index (χ0v) is 24.8. The Hall–Kier alpha value is -2.94. The Morgan fingerprint density at radius 3 is 2.88 bits per heavy atom. The van der Waals surface area contributed by atoms with E-state index in [9.17, 15) is 9.59 Å². The van der Waals surface area contributed by atoms with Crippen molar-refractivity contribution in [1.82, 2.24) is 35.8 Å². The molecule has 0 aromatic heterocycles. The Morgan fingerprint density at radius 2 is 1.95 bits per heavy atom.